The summed E-state index contributed by atoms with van der Waals surface area (Å²) in [5.41, 5.74) is 0.601. The Morgan fingerprint density at radius 3 is 2.51 bits per heavy atom. The third kappa shape index (κ3) is 7.10. The van der Waals surface area contributed by atoms with Crippen LogP contribution in [0.5, 0.6) is 0 Å². The number of aliphatic hydroxyl groups is 1. The number of amides is 3. The molecule has 2 bridgehead atoms. The second kappa shape index (κ2) is 16.1. The number of carbonyl (C=O) groups excluding carboxylic acids is 4. The third-order valence-corrected chi connectivity index (χ3v) is 11.2. The maximum Gasteiger partial charge on any atom is 0.313 e. The topological polar surface area (TPSA) is 125 Å². The molecule has 0 aliphatic carbocycles. The van der Waals surface area contributed by atoms with Gasteiger partial charge >= 0.3 is 5.97 Å². The van der Waals surface area contributed by atoms with Crippen molar-refractivity contribution in [3.63, 3.8) is 0 Å². The number of hydrogen-bond donors (Lipinski definition) is 2. The fraction of sp³-hybridized carbons (Fsp3) is 0.500. The molecule has 0 aromatic heterocycles. The number of benzene rings is 2. The molecule has 5 rings (SSSR count). The van der Waals surface area contributed by atoms with Crippen molar-refractivity contribution in [2.75, 3.05) is 18.1 Å². The summed E-state index contributed by atoms with van der Waals surface area (Å²) in [6.07, 6.45) is 3.93. The maximum absolute atomic E-state index is 15.1. The highest BCUT2D eigenvalue weighted by molar-refractivity contribution is 6.34. The normalized spacial score (nSPS) is 25.8. The number of carbonyl (C=O) groups is 4. The van der Waals surface area contributed by atoms with Crippen LogP contribution in [0.2, 0.25) is 5.02 Å². The molecule has 3 aliphatic heterocycles. The van der Waals surface area contributed by atoms with E-state index in [-0.39, 0.29) is 31.4 Å². The first-order valence-corrected chi connectivity index (χ1v) is 18.3. The number of aryl methyl sites for hydroxylation is 1. The zero-order valence-corrected chi connectivity index (χ0v) is 30.7. The van der Waals surface area contributed by atoms with Gasteiger partial charge in [-0.25, -0.2) is 0 Å². The Balaban J connectivity index is 1.55. The molecule has 11 heteroatoms. The minimum atomic E-state index is -1.34. The molecule has 0 radical (unpaired) electrons. The molecule has 3 fully saturated rings. The van der Waals surface area contributed by atoms with E-state index in [0.717, 1.165) is 5.56 Å². The summed E-state index contributed by atoms with van der Waals surface area (Å²) in [4.78, 5) is 60.1. The summed E-state index contributed by atoms with van der Waals surface area (Å²) in [5.74, 6) is -3.89. The van der Waals surface area contributed by atoms with Crippen LogP contribution in [0, 0.1) is 24.7 Å². The van der Waals surface area contributed by atoms with Crippen molar-refractivity contribution in [2.45, 2.75) is 95.7 Å². The van der Waals surface area contributed by atoms with E-state index < -0.39 is 65.6 Å². The lowest BCUT2D eigenvalue weighted by Crippen LogP contribution is -2.60. The quantitative estimate of drug-likeness (QED) is 0.168. The van der Waals surface area contributed by atoms with Crippen LogP contribution in [0.1, 0.15) is 70.1 Å². The molecular weight excluding hydrogens is 670 g/mol. The molecule has 3 aliphatic rings. The molecule has 3 saturated heterocycles. The summed E-state index contributed by atoms with van der Waals surface area (Å²) in [7, 11) is 0. The monoisotopic (exact) mass is 719 g/mol. The van der Waals surface area contributed by atoms with Gasteiger partial charge in [0.2, 0.25) is 11.8 Å². The van der Waals surface area contributed by atoms with Gasteiger partial charge in [-0.3, -0.25) is 19.2 Å². The smallest absolute Gasteiger partial charge is 0.313 e. The van der Waals surface area contributed by atoms with Crippen LogP contribution in [0.25, 0.3) is 0 Å². The second-order valence-electron chi connectivity index (χ2n) is 14.0. The summed E-state index contributed by atoms with van der Waals surface area (Å²) >= 11 is 6.70. The Hall–Kier alpha value is -3.99. The van der Waals surface area contributed by atoms with E-state index in [0.29, 0.717) is 42.0 Å². The van der Waals surface area contributed by atoms with E-state index in [1.807, 2.05) is 57.2 Å². The van der Waals surface area contributed by atoms with E-state index in [1.165, 1.54) is 9.80 Å². The van der Waals surface area contributed by atoms with Gasteiger partial charge in [0.15, 0.2) is 0 Å². The van der Waals surface area contributed by atoms with Crippen LogP contribution >= 0.6 is 11.6 Å². The molecule has 3 heterocycles. The summed E-state index contributed by atoms with van der Waals surface area (Å²) in [6, 6.07) is 12.1. The molecule has 0 unspecified atom stereocenters. The summed E-state index contributed by atoms with van der Waals surface area (Å²) in [5, 5.41) is 14.1. The maximum atomic E-state index is 15.1. The zero-order valence-electron chi connectivity index (χ0n) is 29.9. The average Bonchev–Trinajstić information content (AvgIpc) is 3.77. The summed E-state index contributed by atoms with van der Waals surface area (Å²) in [6.45, 7) is 14.8. The van der Waals surface area contributed by atoms with Crippen molar-refractivity contribution >= 4 is 41.0 Å². The number of aliphatic hydroxyl groups excluding tert-OH is 1. The van der Waals surface area contributed by atoms with Crippen LogP contribution in [-0.2, 0) is 28.7 Å². The standard InChI is InChI=1S/C40H50ClN3O7/c1-7-10-19-31(46)42-26(6)35(27-16-12-11-13-17-27)50-39(49)32-30-20-21-40(51-30)33(32)37(47)44(29(23-45)24(4)9-3)36(40)38(48)43(22-8-2)34-25(5)15-14-18-28(34)41/h7-8,11-18,24,26,29-30,32-33,35-36,45H,1-2,9-10,19-23H2,3-6H3,(H,42,46)/t24-,26+,29-,30-,32+,33+,35+,36-,40+/m0/s1. The molecule has 274 valence electrons. The fourth-order valence-electron chi connectivity index (χ4n) is 8.28. The molecule has 51 heavy (non-hydrogen) atoms. The van der Waals surface area contributed by atoms with E-state index >= 15 is 4.79 Å². The van der Waals surface area contributed by atoms with Crippen LogP contribution in [0.3, 0.4) is 0 Å². The van der Waals surface area contributed by atoms with Gasteiger partial charge in [-0.1, -0.05) is 86.5 Å². The molecule has 10 nitrogen and oxygen atoms in total. The van der Waals surface area contributed by atoms with Gasteiger partial charge in [-0.15, -0.1) is 13.2 Å². The Labute approximate surface area is 305 Å². The van der Waals surface area contributed by atoms with Crippen molar-refractivity contribution in [1.29, 1.82) is 0 Å². The van der Waals surface area contributed by atoms with Gasteiger partial charge in [0.1, 0.15) is 17.7 Å². The van der Waals surface area contributed by atoms with Crippen molar-refractivity contribution in [3.05, 3.63) is 90.0 Å². The lowest BCUT2D eigenvalue weighted by Gasteiger charge is -2.41. The highest BCUT2D eigenvalue weighted by atomic mass is 35.5. The first kappa shape index (κ1) is 38.2. The number of allylic oxidation sites excluding steroid dienone is 1. The minimum absolute atomic E-state index is 0.111. The van der Waals surface area contributed by atoms with Gasteiger partial charge in [-0.2, -0.15) is 0 Å². The number of fused-ring (bicyclic) bond motifs is 1. The predicted octanol–water partition coefficient (Wildman–Crippen LogP) is 5.70. The highest BCUT2D eigenvalue weighted by Crippen LogP contribution is 2.60. The highest BCUT2D eigenvalue weighted by Gasteiger charge is 2.76. The number of anilines is 1. The van der Waals surface area contributed by atoms with Crippen LogP contribution in [-0.4, -0.2) is 76.7 Å². The number of nitrogens with zero attached hydrogens (tertiary/aromatic N) is 2. The number of nitrogens with one attached hydrogen (secondary N) is 1. The fourth-order valence-corrected chi connectivity index (χ4v) is 8.61. The number of hydrogen-bond acceptors (Lipinski definition) is 7. The Morgan fingerprint density at radius 1 is 1.16 bits per heavy atom. The van der Waals surface area contributed by atoms with E-state index in [4.69, 9.17) is 21.1 Å². The van der Waals surface area contributed by atoms with E-state index in [1.54, 1.807) is 31.2 Å². The lowest BCUT2D eigenvalue weighted by molar-refractivity contribution is -0.162. The Bertz CT molecular complexity index is 1610. The molecule has 2 aromatic carbocycles. The average molecular weight is 720 g/mol. The van der Waals surface area contributed by atoms with Crippen LogP contribution < -0.4 is 10.2 Å². The SMILES string of the molecule is C=CCCC(=O)N[C@H](C)[C@@H](OC(=O)[C@@H]1[C@@H]2CC[C@]3(O2)[C@H](C(=O)N(CC=C)c2c(C)cccc2Cl)N([C@@H](CO)[C@@H](C)CC)C(=O)[C@@H]13)c1ccccc1. The van der Waals surface area contributed by atoms with Gasteiger partial charge in [0, 0.05) is 13.0 Å². The van der Waals surface area contributed by atoms with Gasteiger partial charge < -0.3 is 29.7 Å². The first-order valence-electron chi connectivity index (χ1n) is 17.9. The molecule has 0 saturated carbocycles. The number of likely N-dealkylation sites (tertiary alicyclic amines) is 1. The van der Waals surface area contributed by atoms with Gasteiger partial charge in [-0.05, 0) is 56.2 Å². The lowest BCUT2D eigenvalue weighted by atomic mass is 9.70. The third-order valence-electron chi connectivity index (χ3n) is 10.9. The molecule has 1 spiro atoms. The van der Waals surface area contributed by atoms with Crippen molar-refractivity contribution in [2.24, 2.45) is 17.8 Å². The van der Waals surface area contributed by atoms with Crippen molar-refractivity contribution in [1.82, 2.24) is 10.2 Å². The molecule has 2 aromatic rings. The van der Waals surface area contributed by atoms with E-state index in [2.05, 4.69) is 18.5 Å². The number of rotatable bonds is 16. The summed E-state index contributed by atoms with van der Waals surface area (Å²) < 4.78 is 13.0. The minimum Gasteiger partial charge on any atom is -0.455 e. The Morgan fingerprint density at radius 2 is 1.88 bits per heavy atom. The van der Waals surface area contributed by atoms with Gasteiger partial charge in [0.05, 0.1) is 47.3 Å². The molecule has 3 amide bonds. The number of esters is 1. The zero-order chi connectivity index (χ0) is 37.0. The second-order valence-corrected chi connectivity index (χ2v) is 14.4. The van der Waals surface area contributed by atoms with Gasteiger partial charge in [0.25, 0.3) is 5.91 Å². The molecule has 9 atom stereocenters. The number of para-hydroxylation sites is 1. The van der Waals surface area contributed by atoms with Crippen molar-refractivity contribution in [3.8, 4) is 0 Å². The molecular formula is C40H50ClN3O7. The first-order chi connectivity index (χ1) is 24.4. The van der Waals surface area contributed by atoms with Crippen molar-refractivity contribution < 1.29 is 33.8 Å². The number of ether oxygens (including phenoxy) is 2. The molecule has 2 N–H and O–H groups in total. The Kier molecular flexibility index (Phi) is 12.1. The van der Waals surface area contributed by atoms with E-state index in [9.17, 15) is 19.5 Å². The van der Waals surface area contributed by atoms with Crippen LogP contribution in [0.4, 0.5) is 5.69 Å². The predicted molar refractivity (Wildman–Crippen MR) is 196 cm³/mol. The number of halogens is 1. The van der Waals surface area contributed by atoms with Crippen LogP contribution in [0.15, 0.2) is 73.8 Å². The largest absolute Gasteiger partial charge is 0.455 e.